The molecule has 0 amide bonds. The van der Waals surface area contributed by atoms with E-state index < -0.39 is 0 Å². The van der Waals surface area contributed by atoms with Gasteiger partial charge in [-0.1, -0.05) is 13.0 Å². The Morgan fingerprint density at radius 3 is 3.00 bits per heavy atom. The largest absolute Gasteiger partial charge is 0.379 e. The molecule has 1 aromatic rings. The molecular weight excluding hydrogens is 250 g/mol. The van der Waals surface area contributed by atoms with Crippen LogP contribution in [0.5, 0.6) is 0 Å². The van der Waals surface area contributed by atoms with Crippen molar-refractivity contribution in [3.63, 3.8) is 0 Å². The monoisotopic (exact) mass is 277 g/mol. The maximum absolute atomic E-state index is 5.63. The molecule has 112 valence electrons. The van der Waals surface area contributed by atoms with Crippen LogP contribution >= 0.6 is 0 Å². The molecule has 4 nitrogen and oxygen atoms in total. The van der Waals surface area contributed by atoms with E-state index in [0.717, 1.165) is 44.2 Å². The van der Waals surface area contributed by atoms with Crippen LogP contribution in [0.15, 0.2) is 18.2 Å². The molecule has 0 aliphatic carbocycles. The highest BCUT2D eigenvalue weighted by molar-refractivity contribution is 5.09. The van der Waals surface area contributed by atoms with Gasteiger partial charge >= 0.3 is 0 Å². The average Bonchev–Trinajstić information content (AvgIpc) is 2.83. The van der Waals surface area contributed by atoms with Gasteiger partial charge in [0, 0.05) is 30.7 Å². The fourth-order valence-corrected chi connectivity index (χ4v) is 2.76. The van der Waals surface area contributed by atoms with Crippen molar-refractivity contribution in [1.29, 1.82) is 0 Å². The topological polar surface area (TPSA) is 37.4 Å². The molecule has 1 saturated heterocycles. The molecule has 0 bridgehead atoms. The van der Waals surface area contributed by atoms with E-state index >= 15 is 0 Å². The van der Waals surface area contributed by atoms with Crippen LogP contribution in [0.2, 0.25) is 0 Å². The molecule has 0 saturated carbocycles. The van der Waals surface area contributed by atoms with Crippen LogP contribution in [0.1, 0.15) is 24.7 Å². The van der Waals surface area contributed by atoms with Gasteiger partial charge in [-0.3, -0.25) is 4.98 Å². The van der Waals surface area contributed by atoms with Gasteiger partial charge in [0.05, 0.1) is 18.9 Å². The summed E-state index contributed by atoms with van der Waals surface area (Å²) >= 11 is 0. The molecule has 2 atom stereocenters. The van der Waals surface area contributed by atoms with Crippen molar-refractivity contribution in [1.82, 2.24) is 15.2 Å². The summed E-state index contributed by atoms with van der Waals surface area (Å²) in [6.45, 7) is 8.99. The van der Waals surface area contributed by atoms with Gasteiger partial charge in [0.15, 0.2) is 0 Å². The first-order valence-corrected chi connectivity index (χ1v) is 7.61. The Bertz CT molecular complexity index is 410. The quantitative estimate of drug-likeness (QED) is 0.825. The third kappa shape index (κ3) is 4.54. The van der Waals surface area contributed by atoms with Crippen molar-refractivity contribution in [2.45, 2.75) is 32.9 Å². The summed E-state index contributed by atoms with van der Waals surface area (Å²) in [6, 6.07) is 6.72. The minimum atomic E-state index is 0.503. The van der Waals surface area contributed by atoms with E-state index in [1.807, 2.05) is 13.0 Å². The maximum Gasteiger partial charge on any atom is 0.0623 e. The Labute approximate surface area is 122 Å². The van der Waals surface area contributed by atoms with Crippen molar-refractivity contribution in [3.05, 3.63) is 29.6 Å². The predicted octanol–water partition coefficient (Wildman–Crippen LogP) is 1.84. The Kier molecular flexibility index (Phi) is 5.95. The standard InChI is InChI=1S/C16H27N3O/c1-4-8-17-16-12-20-11-14(16)9-19(3)10-15-7-5-6-13(2)18-15/h5-7,14,16-17H,4,8-12H2,1-3H3. The first-order chi connectivity index (χ1) is 9.69. The maximum atomic E-state index is 5.63. The summed E-state index contributed by atoms with van der Waals surface area (Å²) < 4.78 is 5.63. The fraction of sp³-hybridized carbons (Fsp3) is 0.688. The fourth-order valence-electron chi connectivity index (χ4n) is 2.76. The van der Waals surface area contributed by atoms with E-state index in [4.69, 9.17) is 4.74 Å². The van der Waals surface area contributed by atoms with Gasteiger partial charge in [-0.15, -0.1) is 0 Å². The summed E-state index contributed by atoms with van der Waals surface area (Å²) in [5.41, 5.74) is 2.23. The van der Waals surface area contributed by atoms with Crippen LogP contribution in [0.25, 0.3) is 0 Å². The smallest absolute Gasteiger partial charge is 0.0623 e. The van der Waals surface area contributed by atoms with Crippen LogP contribution in [0, 0.1) is 12.8 Å². The van der Waals surface area contributed by atoms with Gasteiger partial charge in [-0.25, -0.2) is 0 Å². The summed E-state index contributed by atoms with van der Waals surface area (Å²) in [7, 11) is 2.17. The van der Waals surface area contributed by atoms with Gasteiger partial charge in [-0.05, 0) is 39.1 Å². The number of nitrogens with zero attached hydrogens (tertiary/aromatic N) is 2. The minimum absolute atomic E-state index is 0.503. The van der Waals surface area contributed by atoms with E-state index in [-0.39, 0.29) is 0 Å². The van der Waals surface area contributed by atoms with Crippen molar-refractivity contribution < 1.29 is 4.74 Å². The lowest BCUT2D eigenvalue weighted by atomic mass is 10.0. The summed E-state index contributed by atoms with van der Waals surface area (Å²) in [4.78, 5) is 6.92. The number of hydrogen-bond acceptors (Lipinski definition) is 4. The number of rotatable bonds is 7. The molecule has 1 N–H and O–H groups in total. The number of ether oxygens (including phenoxy) is 1. The molecule has 2 unspecified atom stereocenters. The summed E-state index contributed by atoms with van der Waals surface area (Å²) in [5, 5.41) is 3.59. The van der Waals surface area contributed by atoms with Crippen LogP contribution in [-0.4, -0.2) is 49.3 Å². The SMILES string of the molecule is CCCNC1COCC1CN(C)Cc1cccc(C)n1. The zero-order valence-electron chi connectivity index (χ0n) is 12.9. The lowest BCUT2D eigenvalue weighted by Gasteiger charge is -2.24. The number of pyridine rings is 1. The minimum Gasteiger partial charge on any atom is -0.379 e. The Morgan fingerprint density at radius 1 is 1.40 bits per heavy atom. The van der Waals surface area contributed by atoms with Crippen molar-refractivity contribution in [2.75, 3.05) is 33.4 Å². The van der Waals surface area contributed by atoms with Gasteiger partial charge in [0.1, 0.15) is 0 Å². The van der Waals surface area contributed by atoms with Crippen LogP contribution in [0.3, 0.4) is 0 Å². The second kappa shape index (κ2) is 7.72. The average molecular weight is 277 g/mol. The second-order valence-corrected chi connectivity index (χ2v) is 5.83. The first-order valence-electron chi connectivity index (χ1n) is 7.61. The molecule has 0 radical (unpaired) electrons. The van der Waals surface area contributed by atoms with Gasteiger partial charge in [0.25, 0.3) is 0 Å². The molecule has 0 spiro atoms. The van der Waals surface area contributed by atoms with Gasteiger partial charge in [0.2, 0.25) is 0 Å². The molecule has 20 heavy (non-hydrogen) atoms. The Balaban J connectivity index is 1.82. The number of nitrogens with one attached hydrogen (secondary N) is 1. The van der Waals surface area contributed by atoms with Crippen molar-refractivity contribution in [2.24, 2.45) is 5.92 Å². The molecule has 2 heterocycles. The zero-order chi connectivity index (χ0) is 14.4. The van der Waals surface area contributed by atoms with Crippen LogP contribution < -0.4 is 5.32 Å². The van der Waals surface area contributed by atoms with Crippen LogP contribution in [-0.2, 0) is 11.3 Å². The Morgan fingerprint density at radius 2 is 2.25 bits per heavy atom. The normalized spacial score (nSPS) is 22.6. The summed E-state index contributed by atoms with van der Waals surface area (Å²) in [6.07, 6.45) is 1.17. The first kappa shape index (κ1) is 15.4. The van der Waals surface area contributed by atoms with E-state index in [1.165, 1.54) is 6.42 Å². The van der Waals surface area contributed by atoms with Gasteiger partial charge in [-0.2, -0.15) is 0 Å². The van der Waals surface area contributed by atoms with E-state index in [1.54, 1.807) is 0 Å². The van der Waals surface area contributed by atoms with E-state index in [2.05, 4.69) is 41.3 Å². The third-order valence-corrected chi connectivity index (χ3v) is 3.78. The highest BCUT2D eigenvalue weighted by Crippen LogP contribution is 2.16. The number of aryl methyl sites for hydroxylation is 1. The highest BCUT2D eigenvalue weighted by atomic mass is 16.5. The molecular formula is C16H27N3O. The molecule has 2 rings (SSSR count). The van der Waals surface area contributed by atoms with E-state index in [0.29, 0.717) is 12.0 Å². The third-order valence-electron chi connectivity index (χ3n) is 3.78. The predicted molar refractivity (Wildman–Crippen MR) is 81.7 cm³/mol. The van der Waals surface area contributed by atoms with E-state index in [9.17, 15) is 0 Å². The lowest BCUT2D eigenvalue weighted by molar-refractivity contribution is 0.172. The summed E-state index contributed by atoms with van der Waals surface area (Å²) in [5.74, 6) is 0.580. The number of aromatic nitrogens is 1. The lowest BCUT2D eigenvalue weighted by Crippen LogP contribution is -2.41. The second-order valence-electron chi connectivity index (χ2n) is 5.83. The molecule has 1 aliphatic heterocycles. The van der Waals surface area contributed by atoms with Crippen molar-refractivity contribution in [3.8, 4) is 0 Å². The molecule has 1 aliphatic rings. The molecule has 1 aromatic heterocycles. The highest BCUT2D eigenvalue weighted by Gasteiger charge is 2.28. The van der Waals surface area contributed by atoms with Crippen LogP contribution in [0.4, 0.5) is 0 Å². The van der Waals surface area contributed by atoms with Gasteiger partial charge < -0.3 is 15.0 Å². The number of hydrogen-bond donors (Lipinski definition) is 1. The van der Waals surface area contributed by atoms with Crippen molar-refractivity contribution >= 4 is 0 Å². The molecule has 1 fully saturated rings. The molecule has 0 aromatic carbocycles. The zero-order valence-corrected chi connectivity index (χ0v) is 12.9. The Hall–Kier alpha value is -0.970. The molecule has 4 heteroatoms.